The normalized spacial score (nSPS) is 32.0. The first kappa shape index (κ1) is 13.7. The van der Waals surface area contributed by atoms with Gasteiger partial charge in [0.15, 0.2) is 0 Å². The fraction of sp³-hybridized carbons (Fsp3) is 0.688. The number of amides is 1. The van der Waals surface area contributed by atoms with Crippen LogP contribution in [0.4, 0.5) is 0 Å². The van der Waals surface area contributed by atoms with Crippen LogP contribution in [0.1, 0.15) is 49.6 Å². The zero-order valence-corrected chi connectivity index (χ0v) is 12.2. The van der Waals surface area contributed by atoms with Crippen molar-refractivity contribution in [2.75, 3.05) is 6.61 Å². The first-order valence-electron chi connectivity index (χ1n) is 7.70. The zero-order valence-electron chi connectivity index (χ0n) is 12.2. The fourth-order valence-corrected chi connectivity index (χ4v) is 4.16. The molecule has 2 aliphatic carbocycles. The molecule has 2 fully saturated rings. The van der Waals surface area contributed by atoms with Crippen molar-refractivity contribution in [3.63, 3.8) is 0 Å². The van der Waals surface area contributed by atoms with E-state index < -0.39 is 0 Å². The summed E-state index contributed by atoms with van der Waals surface area (Å²) in [7, 11) is 0. The molecule has 1 amide bonds. The number of aromatic nitrogens is 1. The minimum absolute atomic E-state index is 0.000278. The van der Waals surface area contributed by atoms with E-state index in [1.807, 2.05) is 22.9 Å². The summed E-state index contributed by atoms with van der Waals surface area (Å²) in [5.74, 6) is 1.41. The van der Waals surface area contributed by atoms with Crippen molar-refractivity contribution in [1.29, 1.82) is 0 Å². The first-order valence-corrected chi connectivity index (χ1v) is 7.70. The van der Waals surface area contributed by atoms with Gasteiger partial charge in [0, 0.05) is 30.8 Å². The molecule has 0 spiro atoms. The summed E-state index contributed by atoms with van der Waals surface area (Å²) in [6, 6.07) is 4.22. The van der Waals surface area contributed by atoms with Crippen LogP contribution in [0.15, 0.2) is 18.3 Å². The topological polar surface area (TPSA) is 54.3 Å². The van der Waals surface area contributed by atoms with Crippen LogP contribution in [0.2, 0.25) is 0 Å². The van der Waals surface area contributed by atoms with Gasteiger partial charge >= 0.3 is 0 Å². The molecule has 4 atom stereocenters. The van der Waals surface area contributed by atoms with E-state index in [1.165, 1.54) is 19.3 Å². The van der Waals surface area contributed by atoms with Gasteiger partial charge in [0.25, 0.3) is 5.91 Å². The number of carbonyl (C=O) groups excluding carboxylic acids is 1. The molecule has 2 aliphatic rings. The summed E-state index contributed by atoms with van der Waals surface area (Å²) in [5, 5.41) is 12.8. The monoisotopic (exact) mass is 276 g/mol. The van der Waals surface area contributed by atoms with Gasteiger partial charge in [0.2, 0.25) is 0 Å². The number of aliphatic hydroxyl groups is 1. The molecule has 2 N–H and O–H groups in total. The van der Waals surface area contributed by atoms with Gasteiger partial charge in [-0.3, -0.25) is 4.79 Å². The molecule has 0 aliphatic heterocycles. The third-order valence-corrected chi connectivity index (χ3v) is 5.16. The second-order valence-corrected chi connectivity index (χ2v) is 6.57. The van der Waals surface area contributed by atoms with E-state index in [0.717, 1.165) is 5.69 Å². The van der Waals surface area contributed by atoms with Crippen LogP contribution in [0.3, 0.4) is 0 Å². The lowest BCUT2D eigenvalue weighted by molar-refractivity contribution is 0.0851. The largest absolute Gasteiger partial charge is 0.396 e. The summed E-state index contributed by atoms with van der Waals surface area (Å²) in [4.78, 5) is 12.5. The Labute approximate surface area is 120 Å². The van der Waals surface area contributed by atoms with E-state index in [4.69, 9.17) is 0 Å². The lowest BCUT2D eigenvalue weighted by Crippen LogP contribution is -2.45. The van der Waals surface area contributed by atoms with Crippen LogP contribution in [0, 0.1) is 17.8 Å². The molecule has 1 aromatic heterocycles. The van der Waals surface area contributed by atoms with Gasteiger partial charge in [-0.1, -0.05) is 0 Å². The lowest BCUT2D eigenvalue weighted by Gasteiger charge is -2.30. The minimum Gasteiger partial charge on any atom is -0.396 e. The highest BCUT2D eigenvalue weighted by molar-refractivity contribution is 5.93. The fourth-order valence-electron chi connectivity index (χ4n) is 4.16. The summed E-state index contributed by atoms with van der Waals surface area (Å²) in [6.07, 6.45) is 5.52. The molecule has 0 aromatic carbocycles. The molecule has 1 heterocycles. The van der Waals surface area contributed by atoms with E-state index in [9.17, 15) is 9.90 Å². The molecular weight excluding hydrogens is 252 g/mol. The van der Waals surface area contributed by atoms with Gasteiger partial charge < -0.3 is 15.0 Å². The van der Waals surface area contributed by atoms with E-state index in [-0.39, 0.29) is 30.5 Å². The molecule has 2 bridgehead atoms. The van der Waals surface area contributed by atoms with Crippen molar-refractivity contribution in [3.05, 3.63) is 24.0 Å². The molecule has 20 heavy (non-hydrogen) atoms. The van der Waals surface area contributed by atoms with Crippen LogP contribution in [0.25, 0.3) is 0 Å². The molecule has 110 valence electrons. The Bertz CT molecular complexity index is 494. The van der Waals surface area contributed by atoms with Gasteiger partial charge in [0.1, 0.15) is 5.69 Å². The quantitative estimate of drug-likeness (QED) is 0.886. The molecule has 2 saturated carbocycles. The molecule has 4 heteroatoms. The smallest absolute Gasteiger partial charge is 0.268 e. The standard InChI is InChI=1S/C16H24N2O2/c1-10(2)18-7-3-4-14(18)16(20)17-15-12-6-5-11(8-12)13(15)9-19/h3-4,7,10-13,15,19H,5-6,8-9H2,1-2H3,(H,17,20). The number of hydrogen-bond donors (Lipinski definition) is 2. The number of hydrogen-bond acceptors (Lipinski definition) is 2. The Kier molecular flexibility index (Phi) is 3.59. The van der Waals surface area contributed by atoms with Crippen LogP contribution in [0.5, 0.6) is 0 Å². The summed E-state index contributed by atoms with van der Waals surface area (Å²) < 4.78 is 2.00. The van der Waals surface area contributed by atoms with E-state index in [0.29, 0.717) is 11.8 Å². The minimum atomic E-state index is -0.000278. The predicted octanol–water partition coefficient (Wildman–Crippen LogP) is 2.21. The average Bonchev–Trinajstić information content (AvgIpc) is 3.13. The highest BCUT2D eigenvalue weighted by Gasteiger charge is 2.47. The van der Waals surface area contributed by atoms with Crippen molar-refractivity contribution >= 4 is 5.91 Å². The number of nitrogens with one attached hydrogen (secondary N) is 1. The van der Waals surface area contributed by atoms with Gasteiger partial charge in [-0.15, -0.1) is 0 Å². The van der Waals surface area contributed by atoms with Gasteiger partial charge in [-0.2, -0.15) is 0 Å². The van der Waals surface area contributed by atoms with E-state index >= 15 is 0 Å². The van der Waals surface area contributed by atoms with Crippen LogP contribution >= 0.6 is 0 Å². The molecule has 0 radical (unpaired) electrons. The molecule has 3 rings (SSSR count). The van der Waals surface area contributed by atoms with Gasteiger partial charge in [-0.25, -0.2) is 0 Å². The maximum atomic E-state index is 12.5. The van der Waals surface area contributed by atoms with Crippen molar-refractivity contribution in [3.8, 4) is 0 Å². The molecule has 4 unspecified atom stereocenters. The highest BCUT2D eigenvalue weighted by atomic mass is 16.3. The molecular formula is C16H24N2O2. The third kappa shape index (κ3) is 2.16. The number of rotatable bonds is 4. The zero-order chi connectivity index (χ0) is 14.3. The number of fused-ring (bicyclic) bond motifs is 2. The molecule has 4 nitrogen and oxygen atoms in total. The Hall–Kier alpha value is -1.29. The van der Waals surface area contributed by atoms with Crippen molar-refractivity contribution < 1.29 is 9.90 Å². The summed E-state index contributed by atoms with van der Waals surface area (Å²) in [6.45, 7) is 4.34. The van der Waals surface area contributed by atoms with Gasteiger partial charge in [0.05, 0.1) is 0 Å². The Balaban J connectivity index is 1.74. The average molecular weight is 276 g/mol. The van der Waals surface area contributed by atoms with Crippen LogP contribution < -0.4 is 5.32 Å². The van der Waals surface area contributed by atoms with Crippen molar-refractivity contribution in [2.24, 2.45) is 17.8 Å². The maximum Gasteiger partial charge on any atom is 0.268 e. The first-order chi connectivity index (χ1) is 9.61. The Morgan fingerprint density at radius 1 is 1.45 bits per heavy atom. The second-order valence-electron chi connectivity index (χ2n) is 6.57. The Morgan fingerprint density at radius 2 is 2.20 bits per heavy atom. The van der Waals surface area contributed by atoms with Crippen LogP contribution in [-0.2, 0) is 0 Å². The highest BCUT2D eigenvalue weighted by Crippen LogP contribution is 2.48. The predicted molar refractivity (Wildman–Crippen MR) is 77.5 cm³/mol. The van der Waals surface area contributed by atoms with E-state index in [1.54, 1.807) is 0 Å². The summed E-state index contributed by atoms with van der Waals surface area (Å²) >= 11 is 0. The third-order valence-electron chi connectivity index (χ3n) is 5.16. The number of aliphatic hydroxyl groups excluding tert-OH is 1. The van der Waals surface area contributed by atoms with Crippen LogP contribution in [-0.4, -0.2) is 28.2 Å². The Morgan fingerprint density at radius 3 is 2.90 bits per heavy atom. The second kappa shape index (κ2) is 5.24. The SMILES string of the molecule is CC(C)n1cccc1C(=O)NC1C2CCC(C2)C1CO. The molecule has 0 saturated heterocycles. The maximum absolute atomic E-state index is 12.5. The molecule has 1 aromatic rings. The van der Waals surface area contributed by atoms with Gasteiger partial charge in [-0.05, 0) is 57.1 Å². The lowest BCUT2D eigenvalue weighted by atomic mass is 9.85. The van der Waals surface area contributed by atoms with E-state index in [2.05, 4.69) is 19.2 Å². The summed E-state index contributed by atoms with van der Waals surface area (Å²) in [5.41, 5.74) is 0.722. The number of nitrogens with zero attached hydrogens (tertiary/aromatic N) is 1. The van der Waals surface area contributed by atoms with Crippen molar-refractivity contribution in [2.45, 2.75) is 45.2 Å². The number of carbonyl (C=O) groups is 1. The van der Waals surface area contributed by atoms with Crippen molar-refractivity contribution in [1.82, 2.24) is 9.88 Å².